The van der Waals surface area contributed by atoms with Gasteiger partial charge in [-0.2, -0.15) is 0 Å². The van der Waals surface area contributed by atoms with Crippen molar-refractivity contribution >= 4 is 5.97 Å². The average molecular weight is 282 g/mol. The minimum absolute atomic E-state index is 0.351. The molecule has 0 fully saturated rings. The van der Waals surface area contributed by atoms with Gasteiger partial charge in [-0.1, -0.05) is 77.4 Å². The number of hydrogen-bond acceptors (Lipinski definition) is 1. The van der Waals surface area contributed by atoms with Crippen molar-refractivity contribution < 1.29 is 9.90 Å². The first-order chi connectivity index (χ1) is 9.59. The number of hydrogen-bond donors (Lipinski definition) is 1. The van der Waals surface area contributed by atoms with E-state index in [1.165, 1.54) is 51.4 Å². The summed E-state index contributed by atoms with van der Waals surface area (Å²) in [5.41, 5.74) is 0.351. The van der Waals surface area contributed by atoms with E-state index in [1.807, 2.05) is 6.92 Å². The molecule has 2 heteroatoms. The van der Waals surface area contributed by atoms with Gasteiger partial charge in [0.15, 0.2) is 0 Å². The molecule has 0 saturated carbocycles. The lowest BCUT2D eigenvalue weighted by Crippen LogP contribution is -1.98. The van der Waals surface area contributed by atoms with Crippen molar-refractivity contribution in [3.63, 3.8) is 0 Å². The molecule has 0 aliphatic rings. The summed E-state index contributed by atoms with van der Waals surface area (Å²) in [7, 11) is 0. The molecule has 0 amide bonds. The minimum Gasteiger partial charge on any atom is -0.478 e. The maximum atomic E-state index is 10.5. The van der Waals surface area contributed by atoms with E-state index in [0.717, 1.165) is 12.8 Å². The minimum atomic E-state index is -0.846. The van der Waals surface area contributed by atoms with Gasteiger partial charge in [-0.25, -0.2) is 4.79 Å². The summed E-state index contributed by atoms with van der Waals surface area (Å²) in [5, 5.41) is 8.63. The monoisotopic (exact) mass is 282 g/mol. The molecule has 1 N–H and O–H groups in total. The molecule has 118 valence electrons. The standard InChI is InChI=1S/C15H28O2.C3H6/c1-3-4-5-6-7-8-9-10-11-12-13-14(2)15(16)17;1-3-2/h2-13H2,1H3,(H,16,17);3H,1H2,2H3. The Morgan fingerprint density at radius 3 is 1.65 bits per heavy atom. The lowest BCUT2D eigenvalue weighted by atomic mass is 10.0. The fourth-order valence-corrected chi connectivity index (χ4v) is 1.93. The highest BCUT2D eigenvalue weighted by molar-refractivity contribution is 5.85. The molecule has 0 aromatic carbocycles. The second-order valence-electron chi connectivity index (χ2n) is 5.25. The average Bonchev–Trinajstić information content (AvgIpc) is 2.41. The predicted molar refractivity (Wildman–Crippen MR) is 89.1 cm³/mol. The van der Waals surface area contributed by atoms with Crippen LogP contribution in [-0.4, -0.2) is 11.1 Å². The number of rotatable bonds is 12. The molecule has 0 heterocycles. The van der Waals surface area contributed by atoms with Crippen LogP contribution in [0.25, 0.3) is 0 Å². The Balaban J connectivity index is 0. The third-order valence-corrected chi connectivity index (χ3v) is 3.13. The van der Waals surface area contributed by atoms with Crippen LogP contribution in [0.3, 0.4) is 0 Å². The molecule has 2 nitrogen and oxygen atoms in total. The summed E-state index contributed by atoms with van der Waals surface area (Å²) in [6, 6.07) is 0. The number of allylic oxidation sites excluding steroid dienone is 1. The first-order valence-corrected chi connectivity index (χ1v) is 8.08. The van der Waals surface area contributed by atoms with Gasteiger partial charge >= 0.3 is 5.97 Å². The summed E-state index contributed by atoms with van der Waals surface area (Å²) < 4.78 is 0. The van der Waals surface area contributed by atoms with Gasteiger partial charge in [0.2, 0.25) is 0 Å². The van der Waals surface area contributed by atoms with Crippen molar-refractivity contribution in [1.29, 1.82) is 0 Å². The fraction of sp³-hybridized carbons (Fsp3) is 0.722. The van der Waals surface area contributed by atoms with E-state index in [4.69, 9.17) is 5.11 Å². The highest BCUT2D eigenvalue weighted by Crippen LogP contribution is 2.12. The second-order valence-corrected chi connectivity index (χ2v) is 5.25. The molecular formula is C18H34O2. The molecule has 0 aliphatic heterocycles. The molecule has 0 aromatic heterocycles. The van der Waals surface area contributed by atoms with Gasteiger partial charge in [-0.3, -0.25) is 0 Å². The maximum Gasteiger partial charge on any atom is 0.330 e. The first kappa shape index (κ1) is 21.3. The quantitative estimate of drug-likeness (QED) is 0.265. The van der Waals surface area contributed by atoms with Gasteiger partial charge in [-0.15, -0.1) is 6.58 Å². The van der Waals surface area contributed by atoms with E-state index in [-0.39, 0.29) is 0 Å². The Kier molecular flexibility index (Phi) is 19.1. The summed E-state index contributed by atoms with van der Waals surface area (Å²) in [5.74, 6) is -0.846. The molecule has 0 aromatic rings. The van der Waals surface area contributed by atoms with Crippen LogP contribution >= 0.6 is 0 Å². The van der Waals surface area contributed by atoms with E-state index in [1.54, 1.807) is 6.08 Å². The molecule has 0 saturated heterocycles. The zero-order valence-corrected chi connectivity index (χ0v) is 13.6. The molecule has 0 unspecified atom stereocenters. The van der Waals surface area contributed by atoms with Crippen LogP contribution in [0, 0.1) is 0 Å². The van der Waals surface area contributed by atoms with Crippen molar-refractivity contribution in [2.24, 2.45) is 0 Å². The SMILES string of the molecule is C=C(CCCCCCCCCCCC)C(=O)O.C=CC. The van der Waals surface area contributed by atoms with Crippen molar-refractivity contribution in [2.75, 3.05) is 0 Å². The molecule has 0 radical (unpaired) electrons. The third-order valence-electron chi connectivity index (χ3n) is 3.13. The summed E-state index contributed by atoms with van der Waals surface area (Å²) in [4.78, 5) is 10.5. The van der Waals surface area contributed by atoms with Crippen molar-refractivity contribution in [3.8, 4) is 0 Å². The Bertz CT molecular complexity index is 244. The van der Waals surface area contributed by atoms with Crippen molar-refractivity contribution in [1.82, 2.24) is 0 Å². The number of aliphatic carboxylic acids is 1. The zero-order chi connectivity index (χ0) is 15.6. The van der Waals surface area contributed by atoms with Crippen LogP contribution in [0.5, 0.6) is 0 Å². The number of carboxylic acids is 1. The van der Waals surface area contributed by atoms with E-state index in [9.17, 15) is 4.79 Å². The molecule has 20 heavy (non-hydrogen) atoms. The number of unbranched alkanes of at least 4 members (excludes halogenated alkanes) is 9. The lowest BCUT2D eigenvalue weighted by Gasteiger charge is -2.02. The molecule has 0 atom stereocenters. The Morgan fingerprint density at radius 1 is 0.950 bits per heavy atom. The topological polar surface area (TPSA) is 37.3 Å². The van der Waals surface area contributed by atoms with Gasteiger partial charge in [0.1, 0.15) is 0 Å². The van der Waals surface area contributed by atoms with E-state index < -0.39 is 5.97 Å². The smallest absolute Gasteiger partial charge is 0.330 e. The maximum absolute atomic E-state index is 10.5. The van der Waals surface area contributed by atoms with E-state index in [2.05, 4.69) is 20.1 Å². The Labute approximate surface area is 126 Å². The predicted octanol–water partition coefficient (Wildman–Crippen LogP) is 6.13. The lowest BCUT2D eigenvalue weighted by molar-refractivity contribution is -0.132. The molecule has 0 bridgehead atoms. The van der Waals surface area contributed by atoms with E-state index in [0.29, 0.717) is 12.0 Å². The number of carboxylic acid groups (broad SMARTS) is 1. The second kappa shape index (κ2) is 17.9. The normalized spacial score (nSPS) is 9.50. The van der Waals surface area contributed by atoms with Crippen LogP contribution < -0.4 is 0 Å². The molecular weight excluding hydrogens is 248 g/mol. The number of carbonyl (C=O) groups is 1. The largest absolute Gasteiger partial charge is 0.478 e. The van der Waals surface area contributed by atoms with Crippen LogP contribution in [0.15, 0.2) is 24.8 Å². The van der Waals surface area contributed by atoms with Crippen molar-refractivity contribution in [2.45, 2.75) is 84.5 Å². The first-order valence-electron chi connectivity index (χ1n) is 8.08. The fourth-order valence-electron chi connectivity index (χ4n) is 1.93. The summed E-state index contributed by atoms with van der Waals surface area (Å²) in [6.07, 6.45) is 15.2. The van der Waals surface area contributed by atoms with Gasteiger partial charge in [0.25, 0.3) is 0 Å². The third kappa shape index (κ3) is 19.3. The Hall–Kier alpha value is -1.05. The van der Waals surface area contributed by atoms with E-state index >= 15 is 0 Å². The molecule has 0 spiro atoms. The van der Waals surface area contributed by atoms with Gasteiger partial charge in [0, 0.05) is 5.57 Å². The van der Waals surface area contributed by atoms with Crippen molar-refractivity contribution in [3.05, 3.63) is 24.8 Å². The van der Waals surface area contributed by atoms with Crippen LogP contribution in [0.1, 0.15) is 84.5 Å². The Morgan fingerprint density at radius 2 is 1.30 bits per heavy atom. The highest BCUT2D eigenvalue weighted by Gasteiger charge is 2.02. The summed E-state index contributed by atoms with van der Waals surface area (Å²) >= 11 is 0. The summed E-state index contributed by atoms with van der Waals surface area (Å²) in [6.45, 7) is 11.0. The van der Waals surface area contributed by atoms with Gasteiger partial charge < -0.3 is 5.11 Å². The van der Waals surface area contributed by atoms with Gasteiger partial charge in [-0.05, 0) is 19.8 Å². The molecule has 0 rings (SSSR count). The van der Waals surface area contributed by atoms with Gasteiger partial charge in [0.05, 0.1) is 0 Å². The van der Waals surface area contributed by atoms with Crippen LogP contribution in [0.4, 0.5) is 0 Å². The van der Waals surface area contributed by atoms with Crippen LogP contribution in [-0.2, 0) is 4.79 Å². The highest BCUT2D eigenvalue weighted by atomic mass is 16.4. The molecule has 0 aliphatic carbocycles. The zero-order valence-electron chi connectivity index (χ0n) is 13.6. The van der Waals surface area contributed by atoms with Crippen LogP contribution in [0.2, 0.25) is 0 Å².